The molecule has 0 radical (unpaired) electrons. The molecule has 4 N–H and O–H groups in total. The molecule has 4 aliphatic heterocycles. The zero-order valence-corrected chi connectivity index (χ0v) is 59.8. The van der Waals surface area contributed by atoms with Gasteiger partial charge in [0.1, 0.15) is 16.6 Å². The Hall–Kier alpha value is -8.23. The van der Waals surface area contributed by atoms with Gasteiger partial charge < -0.3 is 29.9 Å². The molecule has 5 aromatic carbocycles. The Kier molecular flexibility index (Phi) is 24.3. The molecule has 0 saturated carbocycles. The second-order valence-electron chi connectivity index (χ2n) is 26.6. The fourth-order valence-electron chi connectivity index (χ4n) is 13.3. The number of hydrogen-bond acceptors (Lipinski definition) is 20. The standard InChI is InChI=1S/C71H82ClF3N12O12S3/c1-70(2)27-25-57(48-13-17-51(72)18-14-48)50(43-70)44-83-33-35-84(36-34-83)54-19-15-49(16-20-54)66(90)80-102(96,97)56-21-22-59(62(42-56)101(94,95)71(73,74)75)77-52(47-100-55-8-4-3-5-9-55)26-30-82-31-37-85(38-32-82)64(89)12-7-29-86-45-53(79-81-86)46-99-41-40-98-39-28-76-60-11-6-10-58-65(60)69(93)87(68(58)92)61-23-24-63(88)78-67(61)91/h3-6,8-11,13-22,42,45,52,61,76-77H,7,12,23-41,43-44,46-47H2,1-2H3,(H,80,90)(H,78,88,91). The second-order valence-corrected chi connectivity index (χ2v) is 31.7. The lowest BCUT2D eigenvalue weighted by Gasteiger charge is -2.39. The number of hydrogen-bond donors (Lipinski definition) is 4. The van der Waals surface area contributed by atoms with Gasteiger partial charge in [-0.2, -0.15) is 13.2 Å². The number of nitrogens with one attached hydrogen (secondary N) is 4. The Labute approximate surface area is 600 Å². The summed E-state index contributed by atoms with van der Waals surface area (Å²) in [5.74, 6) is -3.19. The van der Waals surface area contributed by atoms with E-state index in [0.29, 0.717) is 94.2 Å². The smallest absolute Gasteiger partial charge is 0.382 e. The Bertz CT molecular complexity index is 4310. The number of alkyl halides is 3. The first-order valence-corrected chi connectivity index (χ1v) is 38.3. The number of allylic oxidation sites excluding steroid dienone is 1. The number of piperidine rings is 1. The van der Waals surface area contributed by atoms with Crippen molar-refractivity contribution in [3.63, 3.8) is 0 Å². The normalized spacial score (nSPS) is 18.1. The van der Waals surface area contributed by atoms with Crippen LogP contribution in [0.1, 0.15) is 108 Å². The monoisotopic (exact) mass is 1480 g/mol. The van der Waals surface area contributed by atoms with Gasteiger partial charge in [-0.3, -0.25) is 53.5 Å². The molecule has 6 amide bonds. The van der Waals surface area contributed by atoms with Gasteiger partial charge in [-0.15, -0.1) is 16.9 Å². The van der Waals surface area contributed by atoms with E-state index in [1.54, 1.807) is 40.0 Å². The highest BCUT2D eigenvalue weighted by atomic mass is 35.5. The van der Waals surface area contributed by atoms with Crippen LogP contribution in [-0.2, 0) is 56.9 Å². The number of amides is 6. The number of nitrogens with zero attached hydrogens (tertiary/aromatic N) is 8. The van der Waals surface area contributed by atoms with E-state index >= 15 is 0 Å². The number of halogens is 4. The maximum absolute atomic E-state index is 14.6. The molecule has 3 saturated heterocycles. The minimum atomic E-state index is -6.17. The van der Waals surface area contributed by atoms with Crippen molar-refractivity contribution in [2.24, 2.45) is 5.41 Å². The molecule has 5 aliphatic rings. The number of imide groups is 2. The van der Waals surface area contributed by atoms with Crippen LogP contribution >= 0.6 is 23.4 Å². The Morgan fingerprint density at radius 3 is 2.25 bits per heavy atom. The molecule has 11 rings (SSSR count). The van der Waals surface area contributed by atoms with E-state index in [-0.39, 0.29) is 79.5 Å². The molecule has 6 aromatic rings. The zero-order chi connectivity index (χ0) is 72.3. The second kappa shape index (κ2) is 33.0. The van der Waals surface area contributed by atoms with E-state index < -0.39 is 82.5 Å². The molecule has 1 aromatic heterocycles. The summed E-state index contributed by atoms with van der Waals surface area (Å²) in [6, 6.07) is 29.0. The third kappa shape index (κ3) is 18.8. The number of anilines is 3. The molecule has 544 valence electrons. The molecule has 31 heteroatoms. The summed E-state index contributed by atoms with van der Waals surface area (Å²) in [6.45, 7) is 12.3. The van der Waals surface area contributed by atoms with Crippen molar-refractivity contribution < 1.29 is 68.2 Å². The maximum Gasteiger partial charge on any atom is 0.501 e. The van der Waals surface area contributed by atoms with Gasteiger partial charge in [0, 0.05) is 130 Å². The predicted molar refractivity (Wildman–Crippen MR) is 379 cm³/mol. The molecular formula is C71H82ClF3N12O12S3. The number of carbonyl (C=O) groups is 6. The van der Waals surface area contributed by atoms with Gasteiger partial charge in [-0.1, -0.05) is 72.6 Å². The van der Waals surface area contributed by atoms with Gasteiger partial charge >= 0.3 is 5.51 Å². The Morgan fingerprint density at radius 2 is 1.52 bits per heavy atom. The van der Waals surface area contributed by atoms with Gasteiger partial charge in [0.15, 0.2) is 0 Å². The van der Waals surface area contributed by atoms with E-state index in [9.17, 15) is 58.8 Å². The number of rotatable bonds is 30. The summed E-state index contributed by atoms with van der Waals surface area (Å²) in [6.07, 6.45) is 5.94. The van der Waals surface area contributed by atoms with Gasteiger partial charge in [0.25, 0.3) is 37.6 Å². The SMILES string of the molecule is CC1(C)CCC(c2ccc(Cl)cc2)=C(CN2CCN(c3ccc(C(=O)NS(=O)(=O)c4ccc(NC(CCN5CCN(C(=O)CCCn6cc(COCCOCCNc7cccc8c7C(=O)N(C7CCC(=O)NC7=O)C8=O)nn6)CC5)CSc5ccccc5)c(S(=O)(=O)C(F)(F)F)c4)cc3)CC2)C1. The molecule has 0 spiro atoms. The lowest BCUT2D eigenvalue weighted by molar-refractivity contribution is -0.136. The third-order valence-corrected chi connectivity index (χ3v) is 23.1. The van der Waals surface area contributed by atoms with Crippen LogP contribution in [0.25, 0.3) is 5.57 Å². The van der Waals surface area contributed by atoms with Crippen LogP contribution in [0, 0.1) is 5.41 Å². The molecule has 2 atom stereocenters. The summed E-state index contributed by atoms with van der Waals surface area (Å²) in [5.41, 5.74) is -0.0108. The van der Waals surface area contributed by atoms with E-state index in [1.807, 2.05) is 47.2 Å². The summed E-state index contributed by atoms with van der Waals surface area (Å²) in [5, 5.41) is 17.4. The summed E-state index contributed by atoms with van der Waals surface area (Å²) < 4.78 is 113. The molecule has 24 nitrogen and oxygen atoms in total. The molecule has 2 unspecified atom stereocenters. The lowest BCUT2D eigenvalue weighted by Crippen LogP contribution is -2.54. The van der Waals surface area contributed by atoms with Gasteiger partial charge in [-0.05, 0) is 134 Å². The first-order valence-electron chi connectivity index (χ1n) is 33.9. The number of fused-ring (bicyclic) bond motifs is 1. The van der Waals surface area contributed by atoms with Crippen molar-refractivity contribution in [1.29, 1.82) is 0 Å². The molecule has 0 bridgehead atoms. The average Bonchev–Trinajstić information content (AvgIpc) is 1.37. The van der Waals surface area contributed by atoms with Crippen molar-refractivity contribution in [3.8, 4) is 0 Å². The van der Waals surface area contributed by atoms with Crippen LogP contribution in [0.2, 0.25) is 5.02 Å². The highest BCUT2D eigenvalue weighted by molar-refractivity contribution is 7.99. The fourth-order valence-corrected chi connectivity index (χ4v) is 16.4. The van der Waals surface area contributed by atoms with Crippen LogP contribution in [0.3, 0.4) is 0 Å². The fraction of sp³-hybridized carbons (Fsp3) is 0.437. The summed E-state index contributed by atoms with van der Waals surface area (Å²) in [4.78, 5) is 85.7. The van der Waals surface area contributed by atoms with Crippen LogP contribution in [0.4, 0.5) is 30.2 Å². The Morgan fingerprint density at radius 1 is 0.794 bits per heavy atom. The first-order chi connectivity index (χ1) is 48.8. The van der Waals surface area contributed by atoms with E-state index in [2.05, 4.69) is 66.9 Å². The minimum absolute atomic E-state index is 0.0198. The third-order valence-electron chi connectivity index (χ3n) is 18.8. The van der Waals surface area contributed by atoms with Crippen LogP contribution < -0.4 is 25.6 Å². The zero-order valence-electron chi connectivity index (χ0n) is 56.6. The highest BCUT2D eigenvalue weighted by Crippen LogP contribution is 2.43. The molecular weight excluding hydrogens is 1400 g/mol. The number of piperazine rings is 2. The molecule has 5 heterocycles. The van der Waals surface area contributed by atoms with E-state index in [4.69, 9.17) is 21.1 Å². The molecule has 1 aliphatic carbocycles. The predicted octanol–water partition coefficient (Wildman–Crippen LogP) is 8.76. The minimum Gasteiger partial charge on any atom is -0.382 e. The topological polar surface area (TPSA) is 284 Å². The van der Waals surface area contributed by atoms with Crippen molar-refractivity contribution in [2.45, 2.75) is 111 Å². The Balaban J connectivity index is 0.619. The quantitative estimate of drug-likeness (QED) is 0.0186. The molecule has 102 heavy (non-hydrogen) atoms. The summed E-state index contributed by atoms with van der Waals surface area (Å²) >= 11 is 7.62. The number of sulfonamides is 1. The van der Waals surface area contributed by atoms with Crippen molar-refractivity contribution in [1.82, 2.24) is 44.6 Å². The van der Waals surface area contributed by atoms with Crippen molar-refractivity contribution in [3.05, 3.63) is 160 Å². The van der Waals surface area contributed by atoms with Gasteiger partial charge in [0.05, 0.1) is 54.3 Å². The van der Waals surface area contributed by atoms with E-state index in [0.717, 1.165) is 66.5 Å². The van der Waals surface area contributed by atoms with Gasteiger partial charge in [-0.25, -0.2) is 21.6 Å². The number of aromatic nitrogens is 3. The number of ether oxygens (including phenoxy) is 2. The number of sulfone groups is 1. The van der Waals surface area contributed by atoms with Crippen molar-refractivity contribution >= 4 is 101 Å². The van der Waals surface area contributed by atoms with E-state index in [1.165, 1.54) is 46.7 Å². The lowest BCUT2D eigenvalue weighted by atomic mass is 9.73. The average molecular weight is 1480 g/mol. The largest absolute Gasteiger partial charge is 0.501 e. The molecule has 3 fully saturated rings. The highest BCUT2D eigenvalue weighted by Gasteiger charge is 2.49. The number of benzene rings is 5. The summed E-state index contributed by atoms with van der Waals surface area (Å²) in [7, 11) is -11.1. The number of aryl methyl sites for hydroxylation is 1. The maximum atomic E-state index is 14.6. The van der Waals surface area contributed by atoms with Crippen LogP contribution in [-0.4, -0.2) is 202 Å². The van der Waals surface area contributed by atoms with Crippen LogP contribution in [0.5, 0.6) is 0 Å². The number of carbonyl (C=O) groups excluding carboxylic acids is 6. The first kappa shape index (κ1) is 74.9. The number of thioether (sulfide) groups is 1. The van der Waals surface area contributed by atoms with Crippen molar-refractivity contribution in [2.75, 3.05) is 113 Å². The van der Waals surface area contributed by atoms with Crippen LogP contribution in [0.15, 0.2) is 142 Å². The van der Waals surface area contributed by atoms with Gasteiger partial charge in [0.2, 0.25) is 17.7 Å².